The molecule has 2 rings (SSSR count). The van der Waals surface area contributed by atoms with Gasteiger partial charge in [-0.25, -0.2) is 4.39 Å². The summed E-state index contributed by atoms with van der Waals surface area (Å²) in [6.07, 6.45) is 0.775. The molecule has 0 aliphatic heterocycles. The minimum Gasteiger partial charge on any atom is -0.456 e. The van der Waals surface area contributed by atoms with Gasteiger partial charge >= 0.3 is 0 Å². The van der Waals surface area contributed by atoms with Crippen LogP contribution < -0.4 is 4.74 Å². The van der Waals surface area contributed by atoms with Crippen LogP contribution in [0.1, 0.15) is 15.9 Å². The van der Waals surface area contributed by atoms with E-state index in [4.69, 9.17) is 16.3 Å². The van der Waals surface area contributed by atoms with Crippen LogP contribution in [0.3, 0.4) is 0 Å². The van der Waals surface area contributed by atoms with E-state index in [0.717, 1.165) is 11.8 Å². The molecule has 19 heavy (non-hydrogen) atoms. The van der Waals surface area contributed by atoms with E-state index in [9.17, 15) is 9.18 Å². The molecule has 0 fully saturated rings. The molecule has 0 N–H and O–H groups in total. The molecule has 0 saturated carbocycles. The lowest BCUT2D eigenvalue weighted by Gasteiger charge is -2.10. The molecule has 98 valence electrons. The maximum absolute atomic E-state index is 13.4. The van der Waals surface area contributed by atoms with Gasteiger partial charge in [-0.2, -0.15) is 0 Å². The summed E-state index contributed by atoms with van der Waals surface area (Å²) in [6.45, 7) is 1.80. The Labute approximate surface area is 123 Å². The highest BCUT2D eigenvalue weighted by Gasteiger charge is 2.09. The fraction of sp³-hybridized carbons (Fsp3) is 0.0714. The van der Waals surface area contributed by atoms with Crippen molar-refractivity contribution in [1.82, 2.24) is 0 Å². The number of hydrogen-bond acceptors (Lipinski definition) is 2. The van der Waals surface area contributed by atoms with E-state index in [2.05, 4.69) is 15.9 Å². The summed E-state index contributed by atoms with van der Waals surface area (Å²) >= 11 is 8.91. The van der Waals surface area contributed by atoms with Gasteiger partial charge in [0.1, 0.15) is 23.6 Å². The van der Waals surface area contributed by atoms with Crippen LogP contribution in [0, 0.1) is 12.7 Å². The average molecular weight is 344 g/mol. The van der Waals surface area contributed by atoms with Crippen molar-refractivity contribution >= 4 is 33.8 Å². The van der Waals surface area contributed by atoms with E-state index < -0.39 is 5.82 Å². The zero-order valence-electron chi connectivity index (χ0n) is 9.91. The van der Waals surface area contributed by atoms with E-state index in [1.54, 1.807) is 25.1 Å². The monoisotopic (exact) mass is 342 g/mol. The Hall–Kier alpha value is -1.39. The van der Waals surface area contributed by atoms with Crippen LogP contribution in [0.4, 0.5) is 4.39 Å². The smallest absolute Gasteiger partial charge is 0.150 e. The largest absolute Gasteiger partial charge is 0.456 e. The maximum Gasteiger partial charge on any atom is 0.150 e. The van der Waals surface area contributed by atoms with Gasteiger partial charge in [-0.15, -0.1) is 0 Å². The van der Waals surface area contributed by atoms with Gasteiger partial charge in [0, 0.05) is 11.6 Å². The number of ether oxygens (including phenoxy) is 1. The number of aryl methyl sites for hydroxylation is 1. The molecule has 0 heterocycles. The number of halogens is 3. The number of benzene rings is 2. The van der Waals surface area contributed by atoms with Gasteiger partial charge in [0.05, 0.1) is 9.50 Å². The molecule has 5 heteroatoms. The van der Waals surface area contributed by atoms with Crippen LogP contribution >= 0.6 is 27.5 Å². The van der Waals surface area contributed by atoms with Crippen LogP contribution in [0.15, 0.2) is 34.8 Å². The third-order valence-electron chi connectivity index (χ3n) is 2.57. The normalized spacial score (nSPS) is 10.3. The van der Waals surface area contributed by atoms with E-state index in [1.807, 2.05) is 0 Å². The van der Waals surface area contributed by atoms with E-state index in [-0.39, 0.29) is 5.02 Å². The summed E-state index contributed by atoms with van der Waals surface area (Å²) in [5.74, 6) is 0.284. The van der Waals surface area contributed by atoms with Crippen molar-refractivity contribution < 1.29 is 13.9 Å². The molecule has 0 aliphatic carbocycles. The van der Waals surface area contributed by atoms with Crippen molar-refractivity contribution in [3.8, 4) is 11.5 Å². The van der Waals surface area contributed by atoms with Crippen LogP contribution in [-0.2, 0) is 0 Å². The number of rotatable bonds is 3. The van der Waals surface area contributed by atoms with Gasteiger partial charge in [-0.05, 0) is 52.7 Å². The Bertz CT molecular complexity index is 644. The van der Waals surface area contributed by atoms with Gasteiger partial charge in [0.25, 0.3) is 0 Å². The SMILES string of the molecule is Cc1cc(Oc2cc(F)c(Cl)cc2Br)ccc1C=O. The first-order valence-corrected chi connectivity index (χ1v) is 6.56. The van der Waals surface area contributed by atoms with Gasteiger partial charge in [-0.3, -0.25) is 4.79 Å². The number of carbonyl (C=O) groups is 1. The maximum atomic E-state index is 13.4. The Kier molecular flexibility index (Phi) is 4.22. The predicted octanol–water partition coefficient (Wildman–Crippen LogP) is 5.15. The fourth-order valence-electron chi connectivity index (χ4n) is 1.55. The molecule has 0 radical (unpaired) electrons. The molecular weight excluding hydrogens is 335 g/mol. The van der Waals surface area contributed by atoms with E-state index >= 15 is 0 Å². The highest BCUT2D eigenvalue weighted by atomic mass is 79.9. The zero-order chi connectivity index (χ0) is 14.0. The molecule has 2 aromatic carbocycles. The van der Waals surface area contributed by atoms with Crippen molar-refractivity contribution in [2.75, 3.05) is 0 Å². The Morgan fingerprint density at radius 1 is 1.32 bits per heavy atom. The van der Waals surface area contributed by atoms with Crippen LogP contribution in [0.2, 0.25) is 5.02 Å². The summed E-state index contributed by atoms with van der Waals surface area (Å²) in [6, 6.07) is 7.64. The van der Waals surface area contributed by atoms with Gasteiger partial charge in [-0.1, -0.05) is 11.6 Å². The fourth-order valence-corrected chi connectivity index (χ4v) is 2.27. The lowest BCUT2D eigenvalue weighted by Crippen LogP contribution is -1.91. The highest BCUT2D eigenvalue weighted by molar-refractivity contribution is 9.10. The Morgan fingerprint density at radius 2 is 2.05 bits per heavy atom. The molecule has 0 amide bonds. The number of aldehydes is 1. The first-order chi connectivity index (χ1) is 9.01. The first kappa shape index (κ1) is 14.0. The van der Waals surface area contributed by atoms with Crippen molar-refractivity contribution in [2.24, 2.45) is 0 Å². The third kappa shape index (κ3) is 3.14. The molecule has 2 aromatic rings. The molecule has 0 bridgehead atoms. The summed E-state index contributed by atoms with van der Waals surface area (Å²) in [7, 11) is 0. The summed E-state index contributed by atoms with van der Waals surface area (Å²) in [5.41, 5.74) is 1.38. The Morgan fingerprint density at radius 3 is 2.68 bits per heavy atom. The molecule has 0 aliphatic rings. The topological polar surface area (TPSA) is 26.3 Å². The van der Waals surface area contributed by atoms with Crippen LogP contribution in [0.5, 0.6) is 11.5 Å². The van der Waals surface area contributed by atoms with Crippen LogP contribution in [-0.4, -0.2) is 6.29 Å². The molecule has 2 nitrogen and oxygen atoms in total. The Balaban J connectivity index is 2.33. The second kappa shape index (κ2) is 5.72. The minimum atomic E-state index is -0.555. The first-order valence-electron chi connectivity index (χ1n) is 5.39. The highest BCUT2D eigenvalue weighted by Crippen LogP contribution is 2.34. The average Bonchev–Trinajstić information content (AvgIpc) is 2.36. The molecule has 0 spiro atoms. The van der Waals surface area contributed by atoms with Crippen molar-refractivity contribution in [2.45, 2.75) is 6.92 Å². The van der Waals surface area contributed by atoms with Crippen LogP contribution in [0.25, 0.3) is 0 Å². The number of carbonyl (C=O) groups excluding carboxylic acids is 1. The lowest BCUT2D eigenvalue weighted by atomic mass is 10.1. The van der Waals surface area contributed by atoms with Gasteiger partial charge in [0.2, 0.25) is 0 Å². The minimum absolute atomic E-state index is 0.0201. The van der Waals surface area contributed by atoms with Gasteiger partial charge < -0.3 is 4.74 Å². The number of hydrogen-bond donors (Lipinski definition) is 0. The molecule has 0 unspecified atom stereocenters. The summed E-state index contributed by atoms with van der Waals surface area (Å²) in [5, 5.41) is 0.0201. The van der Waals surface area contributed by atoms with Gasteiger partial charge in [0.15, 0.2) is 0 Å². The molecule has 0 aromatic heterocycles. The predicted molar refractivity (Wildman–Crippen MR) is 75.8 cm³/mol. The van der Waals surface area contributed by atoms with E-state index in [0.29, 0.717) is 21.5 Å². The quantitative estimate of drug-likeness (QED) is 0.569. The second-order valence-electron chi connectivity index (χ2n) is 3.94. The van der Waals surface area contributed by atoms with Crippen molar-refractivity contribution in [3.63, 3.8) is 0 Å². The second-order valence-corrected chi connectivity index (χ2v) is 5.20. The molecule has 0 saturated heterocycles. The third-order valence-corrected chi connectivity index (χ3v) is 3.48. The summed E-state index contributed by atoms with van der Waals surface area (Å²) in [4.78, 5) is 10.7. The standard InChI is InChI=1S/C14H9BrClFO2/c1-8-4-10(3-2-9(8)7-18)19-14-6-13(17)12(16)5-11(14)15/h2-7H,1H3. The van der Waals surface area contributed by atoms with Crippen molar-refractivity contribution in [1.29, 1.82) is 0 Å². The van der Waals surface area contributed by atoms with E-state index in [1.165, 1.54) is 12.1 Å². The lowest BCUT2D eigenvalue weighted by molar-refractivity contribution is 0.112. The molecular formula is C14H9BrClFO2. The van der Waals surface area contributed by atoms with Crippen molar-refractivity contribution in [3.05, 3.63) is 56.8 Å². The summed E-state index contributed by atoms with van der Waals surface area (Å²) < 4.78 is 19.5. The zero-order valence-corrected chi connectivity index (χ0v) is 12.3. The molecule has 0 atom stereocenters.